The highest BCUT2D eigenvalue weighted by molar-refractivity contribution is 7.19. The second-order valence-corrected chi connectivity index (χ2v) is 9.60. The summed E-state index contributed by atoms with van der Waals surface area (Å²) in [6, 6.07) is 3.44. The molecule has 158 valence electrons. The number of imide groups is 1. The summed E-state index contributed by atoms with van der Waals surface area (Å²) in [7, 11) is 0. The number of amides is 3. The molecule has 0 radical (unpaired) electrons. The van der Waals surface area contributed by atoms with Crippen LogP contribution in [0.2, 0.25) is 0 Å². The summed E-state index contributed by atoms with van der Waals surface area (Å²) in [6.07, 6.45) is 9.44. The largest absolute Gasteiger partial charge is 0.353 e. The van der Waals surface area contributed by atoms with Crippen molar-refractivity contribution in [3.8, 4) is 11.4 Å². The molecular formula is C22H22N6O2S. The van der Waals surface area contributed by atoms with Crippen molar-refractivity contribution in [2.45, 2.75) is 44.1 Å². The van der Waals surface area contributed by atoms with E-state index in [1.54, 1.807) is 23.7 Å². The Bertz CT molecular complexity index is 1210. The highest BCUT2D eigenvalue weighted by Crippen LogP contribution is 2.42. The number of fused-ring (bicyclic) bond motifs is 3. The van der Waals surface area contributed by atoms with E-state index in [0.717, 1.165) is 47.4 Å². The zero-order valence-electron chi connectivity index (χ0n) is 17.0. The molecule has 0 bridgehead atoms. The van der Waals surface area contributed by atoms with Gasteiger partial charge in [0.25, 0.3) is 5.91 Å². The van der Waals surface area contributed by atoms with Gasteiger partial charge in [0.15, 0.2) is 5.82 Å². The number of hydrogen-bond donors (Lipinski definition) is 2. The minimum Gasteiger partial charge on any atom is -0.353 e. The molecule has 3 amide bonds. The van der Waals surface area contributed by atoms with Crippen molar-refractivity contribution in [3.05, 3.63) is 35.0 Å². The van der Waals surface area contributed by atoms with Crippen LogP contribution in [-0.4, -0.2) is 45.5 Å². The van der Waals surface area contributed by atoms with E-state index in [4.69, 9.17) is 9.97 Å². The van der Waals surface area contributed by atoms with Crippen molar-refractivity contribution in [1.82, 2.24) is 25.6 Å². The Morgan fingerprint density at radius 2 is 2.03 bits per heavy atom. The van der Waals surface area contributed by atoms with Gasteiger partial charge in [-0.15, -0.1) is 11.3 Å². The third-order valence-corrected chi connectivity index (χ3v) is 7.71. The lowest BCUT2D eigenvalue weighted by Gasteiger charge is -2.39. The van der Waals surface area contributed by atoms with Crippen LogP contribution in [0.1, 0.15) is 36.1 Å². The molecule has 5 heterocycles. The Labute approximate surface area is 183 Å². The number of carbonyl (C=O) groups is 2. The molecule has 3 aliphatic rings. The quantitative estimate of drug-likeness (QED) is 0.602. The predicted molar refractivity (Wildman–Crippen MR) is 118 cm³/mol. The van der Waals surface area contributed by atoms with Gasteiger partial charge in [-0.05, 0) is 56.2 Å². The zero-order chi connectivity index (χ0) is 21.0. The Kier molecular flexibility index (Phi) is 4.21. The lowest BCUT2D eigenvalue weighted by molar-refractivity contribution is -0.124. The van der Waals surface area contributed by atoms with Crippen LogP contribution in [0, 0.1) is 0 Å². The molecule has 2 N–H and O–H groups in total. The molecule has 31 heavy (non-hydrogen) atoms. The van der Waals surface area contributed by atoms with Gasteiger partial charge in [0.1, 0.15) is 16.2 Å². The number of thiophene rings is 1. The molecule has 0 aromatic carbocycles. The third-order valence-electron chi connectivity index (χ3n) is 6.52. The fourth-order valence-electron chi connectivity index (χ4n) is 5.04. The van der Waals surface area contributed by atoms with Crippen molar-refractivity contribution in [1.29, 1.82) is 0 Å². The van der Waals surface area contributed by atoms with Gasteiger partial charge < -0.3 is 10.2 Å². The minimum absolute atomic E-state index is 0.243. The second kappa shape index (κ2) is 6.98. The average molecular weight is 435 g/mol. The monoisotopic (exact) mass is 434 g/mol. The van der Waals surface area contributed by atoms with Crippen LogP contribution in [0.3, 0.4) is 0 Å². The summed E-state index contributed by atoms with van der Waals surface area (Å²) in [5.74, 6) is 1.28. The van der Waals surface area contributed by atoms with E-state index in [1.807, 2.05) is 12.1 Å². The van der Waals surface area contributed by atoms with Crippen molar-refractivity contribution < 1.29 is 9.59 Å². The van der Waals surface area contributed by atoms with E-state index in [1.165, 1.54) is 23.3 Å². The number of urea groups is 1. The summed E-state index contributed by atoms with van der Waals surface area (Å²) in [5.41, 5.74) is 1.34. The van der Waals surface area contributed by atoms with Gasteiger partial charge in [0.05, 0.1) is 11.9 Å². The number of piperidine rings is 1. The first kappa shape index (κ1) is 18.7. The molecule has 2 fully saturated rings. The maximum Gasteiger partial charge on any atom is 0.322 e. The number of nitrogens with zero attached hydrogens (tertiary/aromatic N) is 4. The van der Waals surface area contributed by atoms with Crippen molar-refractivity contribution in [3.63, 3.8) is 0 Å². The molecule has 6 rings (SSSR count). The van der Waals surface area contributed by atoms with E-state index in [2.05, 4.69) is 20.5 Å². The van der Waals surface area contributed by atoms with Crippen LogP contribution >= 0.6 is 11.3 Å². The molecule has 1 unspecified atom stereocenters. The van der Waals surface area contributed by atoms with Crippen LogP contribution in [0.25, 0.3) is 21.6 Å². The average Bonchev–Trinajstić information content (AvgIpc) is 3.30. The molecule has 0 saturated carbocycles. The molecule has 1 spiro atoms. The fourth-order valence-corrected chi connectivity index (χ4v) is 6.30. The van der Waals surface area contributed by atoms with Crippen LogP contribution < -0.4 is 15.5 Å². The molecule has 3 aromatic rings. The lowest BCUT2D eigenvalue weighted by Crippen LogP contribution is -2.58. The minimum atomic E-state index is -0.892. The molecule has 3 aromatic heterocycles. The molecule has 1 atom stereocenters. The van der Waals surface area contributed by atoms with Crippen molar-refractivity contribution in [2.24, 2.45) is 0 Å². The molecule has 2 saturated heterocycles. The number of aromatic nitrogens is 3. The number of pyridine rings is 1. The van der Waals surface area contributed by atoms with Gasteiger partial charge in [-0.25, -0.2) is 14.8 Å². The Morgan fingerprint density at radius 1 is 1.13 bits per heavy atom. The normalized spacial score (nSPS) is 23.2. The van der Waals surface area contributed by atoms with Gasteiger partial charge in [-0.3, -0.25) is 15.1 Å². The van der Waals surface area contributed by atoms with Gasteiger partial charge in [-0.1, -0.05) is 0 Å². The van der Waals surface area contributed by atoms with Gasteiger partial charge in [-0.2, -0.15) is 0 Å². The fraction of sp³-hybridized carbons (Fsp3) is 0.409. The van der Waals surface area contributed by atoms with Crippen molar-refractivity contribution in [2.75, 3.05) is 18.0 Å². The summed E-state index contributed by atoms with van der Waals surface area (Å²) >= 11 is 1.76. The first-order valence-electron chi connectivity index (χ1n) is 10.7. The van der Waals surface area contributed by atoms with Crippen LogP contribution in [0.15, 0.2) is 24.5 Å². The zero-order valence-corrected chi connectivity index (χ0v) is 17.8. The maximum absolute atomic E-state index is 12.6. The maximum atomic E-state index is 12.6. The SMILES string of the molecule is O=C1NC(=O)C2(CCCN(c3nc(-c4cccnc4)nc4sc5c(c34)CCCC5)C2)N1. The second-order valence-electron chi connectivity index (χ2n) is 8.52. The standard InChI is InChI=1S/C22H22N6O2S/c29-20-22(27-21(30)26-20)8-4-10-28(12-22)18-16-14-6-1-2-7-15(14)31-19(16)25-17(24-18)13-5-3-9-23-11-13/h3,5,9,11H,1-2,4,6-8,10,12H2,(H2,26,27,29,30). The number of anilines is 1. The predicted octanol–water partition coefficient (Wildman–Crippen LogP) is 2.81. The number of carbonyl (C=O) groups excluding carboxylic acids is 2. The molecule has 2 aliphatic heterocycles. The smallest absolute Gasteiger partial charge is 0.322 e. The Balaban J connectivity index is 1.51. The number of hydrogen-bond acceptors (Lipinski definition) is 7. The Hall–Kier alpha value is -3.07. The van der Waals surface area contributed by atoms with E-state index >= 15 is 0 Å². The van der Waals surface area contributed by atoms with Crippen LogP contribution in [0.4, 0.5) is 10.6 Å². The molecular weight excluding hydrogens is 412 g/mol. The van der Waals surface area contributed by atoms with Gasteiger partial charge in [0, 0.05) is 29.4 Å². The summed E-state index contributed by atoms with van der Waals surface area (Å²) in [5, 5.41) is 6.41. The first-order valence-corrected chi connectivity index (χ1v) is 11.6. The first-order chi connectivity index (χ1) is 15.1. The van der Waals surface area contributed by atoms with Gasteiger partial charge >= 0.3 is 6.03 Å². The van der Waals surface area contributed by atoms with E-state index in [-0.39, 0.29) is 5.91 Å². The Morgan fingerprint density at radius 3 is 2.84 bits per heavy atom. The van der Waals surface area contributed by atoms with Crippen molar-refractivity contribution >= 4 is 39.3 Å². The highest BCUT2D eigenvalue weighted by atomic mass is 32.1. The highest BCUT2D eigenvalue weighted by Gasteiger charge is 2.49. The van der Waals surface area contributed by atoms with E-state index in [9.17, 15) is 9.59 Å². The lowest BCUT2D eigenvalue weighted by atomic mass is 9.89. The van der Waals surface area contributed by atoms with E-state index < -0.39 is 11.6 Å². The number of rotatable bonds is 2. The molecule has 8 nitrogen and oxygen atoms in total. The van der Waals surface area contributed by atoms with Crippen LogP contribution in [0.5, 0.6) is 0 Å². The molecule has 9 heteroatoms. The van der Waals surface area contributed by atoms with E-state index in [0.29, 0.717) is 18.8 Å². The summed E-state index contributed by atoms with van der Waals surface area (Å²) < 4.78 is 0. The number of aryl methyl sites for hydroxylation is 2. The topological polar surface area (TPSA) is 100 Å². The summed E-state index contributed by atoms with van der Waals surface area (Å²) in [6.45, 7) is 1.20. The molecule has 1 aliphatic carbocycles. The summed E-state index contributed by atoms with van der Waals surface area (Å²) in [4.78, 5) is 43.2. The van der Waals surface area contributed by atoms with Gasteiger partial charge in [0.2, 0.25) is 0 Å². The third kappa shape index (κ3) is 2.98. The number of nitrogens with one attached hydrogen (secondary N) is 2. The van der Waals surface area contributed by atoms with Crippen LogP contribution in [-0.2, 0) is 17.6 Å².